The Morgan fingerprint density at radius 2 is 1.97 bits per heavy atom. The number of carbonyl (C=O) groups is 2. The van der Waals surface area contributed by atoms with Crippen molar-refractivity contribution in [2.75, 3.05) is 30.0 Å². The maximum absolute atomic E-state index is 12.4. The zero-order valence-electron chi connectivity index (χ0n) is 16.0. The molecule has 8 heteroatoms. The van der Waals surface area contributed by atoms with Crippen molar-refractivity contribution in [1.82, 2.24) is 0 Å². The van der Waals surface area contributed by atoms with Gasteiger partial charge in [0.25, 0.3) is 11.8 Å². The van der Waals surface area contributed by atoms with Crippen LogP contribution in [0.15, 0.2) is 69.8 Å². The second kappa shape index (κ2) is 9.04. The Labute approximate surface area is 181 Å². The summed E-state index contributed by atoms with van der Waals surface area (Å²) in [6.07, 6.45) is 0.650. The SMILES string of the molecule is O=C(Nc1ccc2c(c1)N(CCCOc1ccccc1)C(=O)CO2)c1ccc(Br)o1. The lowest BCUT2D eigenvalue weighted by Crippen LogP contribution is -2.39. The summed E-state index contributed by atoms with van der Waals surface area (Å²) in [5.41, 5.74) is 1.15. The van der Waals surface area contributed by atoms with Crippen molar-refractivity contribution in [2.45, 2.75) is 6.42 Å². The first-order valence-electron chi connectivity index (χ1n) is 9.42. The second-order valence-corrected chi connectivity index (χ2v) is 7.37. The third-order valence-electron chi connectivity index (χ3n) is 4.49. The van der Waals surface area contributed by atoms with E-state index in [0.29, 0.717) is 41.4 Å². The van der Waals surface area contributed by atoms with Gasteiger partial charge in [-0.3, -0.25) is 9.59 Å². The van der Waals surface area contributed by atoms with Gasteiger partial charge in [-0.05, 0) is 64.8 Å². The number of hydrogen-bond acceptors (Lipinski definition) is 5. The Bertz CT molecular complexity index is 1050. The highest BCUT2D eigenvalue weighted by Crippen LogP contribution is 2.35. The molecule has 30 heavy (non-hydrogen) atoms. The molecule has 0 aliphatic carbocycles. The van der Waals surface area contributed by atoms with Gasteiger partial charge in [0.15, 0.2) is 17.0 Å². The van der Waals surface area contributed by atoms with E-state index in [1.807, 2.05) is 30.3 Å². The molecule has 3 aromatic rings. The fourth-order valence-corrected chi connectivity index (χ4v) is 3.39. The summed E-state index contributed by atoms with van der Waals surface area (Å²) in [6.45, 7) is 0.941. The van der Waals surface area contributed by atoms with Gasteiger partial charge in [0.05, 0.1) is 12.3 Å². The van der Waals surface area contributed by atoms with Crippen LogP contribution in [0.2, 0.25) is 0 Å². The first kappa shape index (κ1) is 20.0. The first-order valence-corrected chi connectivity index (χ1v) is 10.2. The van der Waals surface area contributed by atoms with E-state index in [1.165, 1.54) is 0 Å². The molecule has 2 heterocycles. The number of hydrogen-bond donors (Lipinski definition) is 1. The molecule has 1 aliphatic heterocycles. The van der Waals surface area contributed by atoms with E-state index in [2.05, 4.69) is 21.2 Å². The Kier molecular flexibility index (Phi) is 6.04. The van der Waals surface area contributed by atoms with Crippen LogP contribution in [0, 0.1) is 0 Å². The van der Waals surface area contributed by atoms with Crippen LogP contribution in [0.3, 0.4) is 0 Å². The molecule has 7 nitrogen and oxygen atoms in total. The molecule has 1 N–H and O–H groups in total. The summed E-state index contributed by atoms with van der Waals surface area (Å²) in [7, 11) is 0. The number of furan rings is 1. The first-order chi connectivity index (χ1) is 14.6. The molecule has 0 unspecified atom stereocenters. The highest BCUT2D eigenvalue weighted by atomic mass is 79.9. The van der Waals surface area contributed by atoms with E-state index in [1.54, 1.807) is 35.2 Å². The number of nitrogens with one attached hydrogen (secondary N) is 1. The summed E-state index contributed by atoms with van der Waals surface area (Å²) in [4.78, 5) is 26.4. The lowest BCUT2D eigenvalue weighted by atomic mass is 10.2. The second-order valence-electron chi connectivity index (χ2n) is 6.59. The minimum atomic E-state index is -0.383. The minimum Gasteiger partial charge on any atom is -0.494 e. The van der Waals surface area contributed by atoms with E-state index in [4.69, 9.17) is 13.9 Å². The topological polar surface area (TPSA) is 81.0 Å². The number of carbonyl (C=O) groups excluding carboxylic acids is 2. The summed E-state index contributed by atoms with van der Waals surface area (Å²) in [5.74, 6) is 1.05. The molecule has 0 atom stereocenters. The van der Waals surface area contributed by atoms with E-state index in [-0.39, 0.29) is 24.2 Å². The molecule has 0 fully saturated rings. The maximum atomic E-state index is 12.4. The van der Waals surface area contributed by atoms with Crippen LogP contribution < -0.4 is 19.7 Å². The number of benzene rings is 2. The van der Waals surface area contributed by atoms with Crippen LogP contribution in [0.5, 0.6) is 11.5 Å². The van der Waals surface area contributed by atoms with Crippen molar-refractivity contribution in [1.29, 1.82) is 0 Å². The average molecular weight is 471 g/mol. The number of rotatable bonds is 7. The molecule has 1 aliphatic rings. The van der Waals surface area contributed by atoms with Crippen LogP contribution in [0.1, 0.15) is 17.0 Å². The molecule has 0 saturated carbocycles. The summed E-state index contributed by atoms with van der Waals surface area (Å²) < 4.78 is 17.0. The van der Waals surface area contributed by atoms with Gasteiger partial charge in [-0.2, -0.15) is 0 Å². The van der Waals surface area contributed by atoms with Gasteiger partial charge >= 0.3 is 0 Å². The molecule has 0 saturated heterocycles. The molecule has 0 radical (unpaired) electrons. The van der Waals surface area contributed by atoms with Gasteiger partial charge in [-0.1, -0.05) is 18.2 Å². The smallest absolute Gasteiger partial charge is 0.291 e. The normalized spacial score (nSPS) is 12.8. The van der Waals surface area contributed by atoms with Gasteiger partial charge in [0.1, 0.15) is 11.5 Å². The van der Waals surface area contributed by atoms with Gasteiger partial charge in [-0.15, -0.1) is 0 Å². The van der Waals surface area contributed by atoms with Crippen LogP contribution in [-0.2, 0) is 4.79 Å². The van der Waals surface area contributed by atoms with Crippen molar-refractivity contribution in [3.05, 3.63) is 71.1 Å². The van der Waals surface area contributed by atoms with Crippen LogP contribution in [0.25, 0.3) is 0 Å². The highest BCUT2D eigenvalue weighted by molar-refractivity contribution is 9.10. The van der Waals surface area contributed by atoms with E-state index in [0.717, 1.165) is 5.75 Å². The average Bonchev–Trinajstić information content (AvgIpc) is 3.20. The molecular formula is C22H19BrN2O5. The van der Waals surface area contributed by atoms with Crippen molar-refractivity contribution < 1.29 is 23.5 Å². The van der Waals surface area contributed by atoms with E-state index < -0.39 is 0 Å². The van der Waals surface area contributed by atoms with E-state index in [9.17, 15) is 9.59 Å². The van der Waals surface area contributed by atoms with Crippen LogP contribution in [0.4, 0.5) is 11.4 Å². The Balaban J connectivity index is 1.42. The standard InChI is InChI=1S/C22H19BrN2O5/c23-20-10-9-19(30-20)22(27)24-15-7-8-18-17(13-15)25(21(26)14-29-18)11-4-12-28-16-5-2-1-3-6-16/h1-3,5-10,13H,4,11-12,14H2,(H,24,27). The van der Waals surface area contributed by atoms with Gasteiger partial charge < -0.3 is 24.1 Å². The zero-order chi connectivity index (χ0) is 20.9. The lowest BCUT2D eigenvalue weighted by Gasteiger charge is -2.29. The molecular weight excluding hydrogens is 452 g/mol. The molecule has 4 rings (SSSR count). The summed E-state index contributed by atoms with van der Waals surface area (Å²) >= 11 is 3.18. The highest BCUT2D eigenvalue weighted by Gasteiger charge is 2.26. The zero-order valence-corrected chi connectivity index (χ0v) is 17.6. The molecule has 1 aromatic heterocycles. The number of ether oxygens (including phenoxy) is 2. The Hall–Kier alpha value is -3.26. The summed E-state index contributed by atoms with van der Waals surface area (Å²) in [6, 6.07) is 17.9. The number of fused-ring (bicyclic) bond motifs is 1. The van der Waals surface area contributed by atoms with Gasteiger partial charge in [-0.25, -0.2) is 0 Å². The Morgan fingerprint density at radius 1 is 1.13 bits per heavy atom. The number of halogens is 1. The van der Waals surface area contributed by atoms with Crippen molar-refractivity contribution in [2.24, 2.45) is 0 Å². The largest absolute Gasteiger partial charge is 0.494 e. The quantitative estimate of drug-likeness (QED) is 0.514. The fourth-order valence-electron chi connectivity index (χ4n) is 3.08. The molecule has 0 bridgehead atoms. The maximum Gasteiger partial charge on any atom is 0.291 e. The monoisotopic (exact) mass is 470 g/mol. The third-order valence-corrected chi connectivity index (χ3v) is 4.92. The van der Waals surface area contributed by atoms with Crippen LogP contribution in [-0.4, -0.2) is 31.6 Å². The third kappa shape index (κ3) is 4.65. The van der Waals surface area contributed by atoms with Gasteiger partial charge in [0.2, 0.25) is 0 Å². The predicted molar refractivity (Wildman–Crippen MR) is 115 cm³/mol. The summed E-state index contributed by atoms with van der Waals surface area (Å²) in [5, 5.41) is 2.77. The molecule has 0 spiro atoms. The molecule has 2 aromatic carbocycles. The van der Waals surface area contributed by atoms with Gasteiger partial charge in [0, 0.05) is 12.2 Å². The minimum absolute atomic E-state index is 0.0152. The number of nitrogens with zero attached hydrogens (tertiary/aromatic N) is 1. The predicted octanol–water partition coefficient (Wildman–Crippen LogP) is 4.49. The lowest BCUT2D eigenvalue weighted by molar-refractivity contribution is -0.121. The number of anilines is 2. The molecule has 154 valence electrons. The van der Waals surface area contributed by atoms with E-state index >= 15 is 0 Å². The number of amides is 2. The fraction of sp³-hybridized carbons (Fsp3) is 0.182. The molecule has 2 amide bonds. The van der Waals surface area contributed by atoms with Crippen molar-refractivity contribution in [3.8, 4) is 11.5 Å². The van der Waals surface area contributed by atoms with Crippen molar-refractivity contribution in [3.63, 3.8) is 0 Å². The Morgan fingerprint density at radius 3 is 2.73 bits per heavy atom. The number of para-hydroxylation sites is 1. The van der Waals surface area contributed by atoms with Crippen molar-refractivity contribution >= 4 is 39.1 Å². The van der Waals surface area contributed by atoms with Crippen LogP contribution >= 0.6 is 15.9 Å².